The average Bonchev–Trinajstić information content (AvgIpc) is 2.72. The monoisotopic (exact) mass is 369 g/mol. The molecule has 0 saturated carbocycles. The van der Waals surface area contributed by atoms with Gasteiger partial charge in [0.25, 0.3) is 5.91 Å². The molecule has 3 rings (SSSR count). The second-order valence-electron chi connectivity index (χ2n) is 6.39. The Morgan fingerprint density at radius 1 is 1.44 bits per heavy atom. The van der Waals surface area contributed by atoms with Gasteiger partial charge in [-0.05, 0) is 31.5 Å². The molecule has 142 valence electrons. The summed E-state index contributed by atoms with van der Waals surface area (Å²) in [5.74, 6) is 1.03. The molecule has 9 heteroatoms. The van der Waals surface area contributed by atoms with Crippen molar-refractivity contribution in [3.8, 4) is 0 Å². The molecule has 0 aromatic carbocycles. The van der Waals surface area contributed by atoms with Crippen LogP contribution in [0.25, 0.3) is 5.70 Å². The Bertz CT molecular complexity index is 795. The number of carbonyl (C=O) groups is 1. The Labute approximate surface area is 157 Å². The van der Waals surface area contributed by atoms with Crippen molar-refractivity contribution in [2.75, 3.05) is 31.1 Å². The number of hydrogen-bond donors (Lipinski definition) is 2. The molecule has 2 aliphatic rings. The van der Waals surface area contributed by atoms with Gasteiger partial charge in [-0.1, -0.05) is 0 Å². The Balaban J connectivity index is 1.85. The molecule has 1 amide bonds. The first kappa shape index (κ1) is 18.7. The minimum atomic E-state index is -0.608. The molecule has 3 N–H and O–H groups in total. The summed E-state index contributed by atoms with van der Waals surface area (Å²) in [6, 6.07) is 1.87. The summed E-state index contributed by atoms with van der Waals surface area (Å²) >= 11 is 0. The number of amides is 1. The third-order valence-corrected chi connectivity index (χ3v) is 4.63. The number of anilines is 1. The van der Waals surface area contributed by atoms with Crippen LogP contribution in [0.15, 0.2) is 40.3 Å². The number of nitrogens with two attached hydrogens (primary N) is 1. The van der Waals surface area contributed by atoms with Crippen LogP contribution in [0.4, 0.5) is 5.82 Å². The van der Waals surface area contributed by atoms with Gasteiger partial charge in [-0.25, -0.2) is 9.97 Å². The smallest absolute Gasteiger partial charge is 0.268 e. The first-order valence-electron chi connectivity index (χ1n) is 8.78. The SMILES string of the molecule is C=N/C=C(/c1nccc(N2CCC(CO)CC2)n1)N1C=C(C(N)=O)N=CC1. The molecule has 0 bridgehead atoms. The fraction of sp³-hybridized carbons (Fsp3) is 0.389. The van der Waals surface area contributed by atoms with Gasteiger partial charge >= 0.3 is 0 Å². The first-order valence-corrected chi connectivity index (χ1v) is 8.78. The standard InChI is InChI=1S/C18H23N7O2/c1-20-10-15(25-9-6-21-14(11-25)17(19)27)18-22-5-2-16(23-18)24-7-3-13(12-26)4-8-24/h2,5-6,10-11,13,26H,1,3-4,7-9,12H2,(H2,19,27)/b15-10-. The van der Waals surface area contributed by atoms with Crippen LogP contribution >= 0.6 is 0 Å². The second kappa shape index (κ2) is 8.54. The third kappa shape index (κ3) is 4.37. The van der Waals surface area contributed by atoms with E-state index in [9.17, 15) is 9.90 Å². The van der Waals surface area contributed by atoms with Gasteiger partial charge in [0.2, 0.25) is 0 Å². The predicted molar refractivity (Wildman–Crippen MR) is 104 cm³/mol. The number of primary amides is 1. The summed E-state index contributed by atoms with van der Waals surface area (Å²) in [5, 5.41) is 9.31. The lowest BCUT2D eigenvalue weighted by Crippen LogP contribution is -2.35. The molecule has 1 saturated heterocycles. The molecule has 0 aliphatic carbocycles. The molecule has 0 unspecified atom stereocenters. The van der Waals surface area contributed by atoms with Crippen LogP contribution in [0.1, 0.15) is 18.7 Å². The first-order chi connectivity index (χ1) is 13.1. The van der Waals surface area contributed by atoms with Crippen molar-refractivity contribution in [1.82, 2.24) is 14.9 Å². The van der Waals surface area contributed by atoms with E-state index in [1.807, 2.05) is 6.07 Å². The minimum absolute atomic E-state index is 0.151. The molecule has 9 nitrogen and oxygen atoms in total. The fourth-order valence-electron chi connectivity index (χ4n) is 3.10. The van der Waals surface area contributed by atoms with E-state index >= 15 is 0 Å². The molecule has 2 aliphatic heterocycles. The van der Waals surface area contributed by atoms with Crippen molar-refractivity contribution in [3.63, 3.8) is 0 Å². The molecule has 0 radical (unpaired) electrons. The van der Waals surface area contributed by atoms with Gasteiger partial charge in [0.1, 0.15) is 17.2 Å². The van der Waals surface area contributed by atoms with Gasteiger partial charge in [0.05, 0.1) is 12.7 Å². The van der Waals surface area contributed by atoms with E-state index in [1.165, 1.54) is 0 Å². The molecule has 1 fully saturated rings. The number of nitrogens with zero attached hydrogens (tertiary/aromatic N) is 6. The van der Waals surface area contributed by atoms with Gasteiger partial charge in [-0.15, -0.1) is 0 Å². The Hall–Kier alpha value is -3.07. The van der Waals surface area contributed by atoms with Crippen molar-refractivity contribution in [1.29, 1.82) is 0 Å². The highest BCUT2D eigenvalue weighted by Crippen LogP contribution is 2.24. The normalized spacial score (nSPS) is 18.4. The van der Waals surface area contributed by atoms with Crippen molar-refractivity contribution < 1.29 is 9.90 Å². The number of aliphatic hydroxyl groups is 1. The maximum Gasteiger partial charge on any atom is 0.268 e. The predicted octanol–water partition coefficient (Wildman–Crippen LogP) is 0.397. The van der Waals surface area contributed by atoms with Gasteiger partial charge in [0.15, 0.2) is 5.82 Å². The maximum atomic E-state index is 11.4. The van der Waals surface area contributed by atoms with Crippen LogP contribution in [-0.4, -0.2) is 65.1 Å². The van der Waals surface area contributed by atoms with Crippen LogP contribution < -0.4 is 10.6 Å². The largest absolute Gasteiger partial charge is 0.396 e. The third-order valence-electron chi connectivity index (χ3n) is 4.63. The van der Waals surface area contributed by atoms with E-state index in [-0.39, 0.29) is 12.3 Å². The summed E-state index contributed by atoms with van der Waals surface area (Å²) in [7, 11) is 0. The number of carbonyl (C=O) groups excluding carboxylic acids is 1. The zero-order valence-corrected chi connectivity index (χ0v) is 15.0. The van der Waals surface area contributed by atoms with E-state index in [4.69, 9.17) is 5.73 Å². The molecule has 27 heavy (non-hydrogen) atoms. The molecule has 1 aromatic rings. The van der Waals surface area contributed by atoms with Gasteiger partial charge < -0.3 is 20.6 Å². The van der Waals surface area contributed by atoms with Crippen LogP contribution in [0.3, 0.4) is 0 Å². The van der Waals surface area contributed by atoms with Crippen molar-refractivity contribution in [2.45, 2.75) is 12.8 Å². The van der Waals surface area contributed by atoms with Crippen LogP contribution in [-0.2, 0) is 4.79 Å². The zero-order valence-electron chi connectivity index (χ0n) is 15.0. The number of piperidine rings is 1. The van der Waals surface area contributed by atoms with Gasteiger partial charge in [-0.3, -0.25) is 14.8 Å². The van der Waals surface area contributed by atoms with Crippen LogP contribution in [0, 0.1) is 5.92 Å². The Morgan fingerprint density at radius 3 is 2.89 bits per heavy atom. The Kier molecular flexibility index (Phi) is 5.92. The van der Waals surface area contributed by atoms with Crippen molar-refractivity contribution >= 4 is 30.4 Å². The van der Waals surface area contributed by atoms with Gasteiger partial charge in [-0.2, -0.15) is 0 Å². The molecule has 0 atom stereocenters. The number of aliphatic imine (C=N–C) groups is 2. The molecular weight excluding hydrogens is 346 g/mol. The summed E-state index contributed by atoms with van der Waals surface area (Å²) in [6.45, 7) is 5.85. The highest BCUT2D eigenvalue weighted by atomic mass is 16.3. The number of rotatable bonds is 6. The summed E-state index contributed by atoms with van der Waals surface area (Å²) in [4.78, 5) is 32.3. The molecular formula is C18H23N7O2. The van der Waals surface area contributed by atoms with Crippen molar-refractivity contribution in [2.24, 2.45) is 21.6 Å². The second-order valence-corrected chi connectivity index (χ2v) is 6.39. The summed E-state index contributed by atoms with van der Waals surface area (Å²) in [5.41, 5.74) is 6.08. The fourth-order valence-corrected chi connectivity index (χ4v) is 3.10. The number of hydrogen-bond acceptors (Lipinski definition) is 8. The van der Waals surface area contributed by atoms with E-state index in [2.05, 4.69) is 31.6 Å². The lowest BCUT2D eigenvalue weighted by atomic mass is 9.98. The van der Waals surface area contributed by atoms with E-state index in [1.54, 1.807) is 29.7 Å². The van der Waals surface area contributed by atoms with E-state index in [0.717, 1.165) is 31.7 Å². The van der Waals surface area contributed by atoms with Crippen LogP contribution in [0.5, 0.6) is 0 Å². The van der Waals surface area contributed by atoms with Crippen LogP contribution in [0.2, 0.25) is 0 Å². The van der Waals surface area contributed by atoms with Crippen molar-refractivity contribution in [3.05, 3.63) is 36.2 Å². The quantitative estimate of drug-likeness (QED) is 0.700. The molecule has 3 heterocycles. The molecule has 0 spiro atoms. The highest BCUT2D eigenvalue weighted by Gasteiger charge is 2.22. The van der Waals surface area contributed by atoms with E-state index < -0.39 is 5.91 Å². The lowest BCUT2D eigenvalue weighted by molar-refractivity contribution is -0.114. The summed E-state index contributed by atoms with van der Waals surface area (Å²) in [6.07, 6.45) is 8.26. The summed E-state index contributed by atoms with van der Waals surface area (Å²) < 4.78 is 0. The van der Waals surface area contributed by atoms with E-state index in [0.29, 0.717) is 24.0 Å². The molecule has 1 aromatic heterocycles. The average molecular weight is 369 g/mol. The highest BCUT2D eigenvalue weighted by molar-refractivity contribution is 5.94. The maximum absolute atomic E-state index is 11.4. The Morgan fingerprint density at radius 2 is 2.22 bits per heavy atom. The minimum Gasteiger partial charge on any atom is -0.396 e. The zero-order chi connectivity index (χ0) is 19.2. The number of aromatic nitrogens is 2. The number of aliphatic hydroxyl groups excluding tert-OH is 1. The topological polar surface area (TPSA) is 120 Å². The lowest BCUT2D eigenvalue weighted by Gasteiger charge is -2.32. The van der Waals surface area contributed by atoms with Gasteiger partial charge in [0, 0.05) is 38.3 Å².